The fourth-order valence-corrected chi connectivity index (χ4v) is 4.20. The van der Waals surface area contributed by atoms with Crippen molar-refractivity contribution in [1.29, 1.82) is 10.5 Å². The van der Waals surface area contributed by atoms with Gasteiger partial charge < -0.3 is 16.2 Å². The summed E-state index contributed by atoms with van der Waals surface area (Å²) in [6, 6.07) is 33.5. The zero-order chi connectivity index (χ0) is 28.2. The molecule has 0 saturated carbocycles. The number of aliphatic hydroxyl groups is 1. The van der Waals surface area contributed by atoms with Crippen molar-refractivity contribution in [3.8, 4) is 12.1 Å². The van der Waals surface area contributed by atoms with Crippen molar-refractivity contribution in [3.63, 3.8) is 0 Å². The number of benzene rings is 4. The highest BCUT2D eigenvalue weighted by Crippen LogP contribution is 2.25. The molecule has 4 N–H and O–H groups in total. The van der Waals surface area contributed by atoms with Crippen LogP contribution in [0.15, 0.2) is 97.1 Å². The van der Waals surface area contributed by atoms with Crippen molar-refractivity contribution in [2.45, 2.75) is 18.2 Å². The molecule has 4 aromatic rings. The quantitative estimate of drug-likeness (QED) is 0.201. The Balaban J connectivity index is 0.000000223. The van der Waals surface area contributed by atoms with Gasteiger partial charge in [0.2, 0.25) is 0 Å². The fraction of sp³-hybridized carbons (Fsp3) is 0.161. The topological polar surface area (TPSA) is 106 Å². The van der Waals surface area contributed by atoms with E-state index in [1.165, 1.54) is 0 Å². The van der Waals surface area contributed by atoms with Gasteiger partial charge in [-0.2, -0.15) is 10.5 Å². The zero-order valence-corrected chi connectivity index (χ0v) is 23.2. The molecule has 4 rings (SSSR count). The van der Waals surface area contributed by atoms with Crippen LogP contribution in [-0.2, 0) is 0 Å². The Morgan fingerprint density at radius 3 is 1.72 bits per heavy atom. The molecule has 0 saturated heterocycles. The highest BCUT2D eigenvalue weighted by Gasteiger charge is 2.16. The predicted molar refractivity (Wildman–Crippen MR) is 158 cm³/mol. The van der Waals surface area contributed by atoms with Crippen molar-refractivity contribution >= 4 is 34.8 Å². The molecule has 0 fully saturated rings. The van der Waals surface area contributed by atoms with Gasteiger partial charge in [-0.15, -0.1) is 11.6 Å². The number of nitriles is 2. The van der Waals surface area contributed by atoms with Gasteiger partial charge in [-0.25, -0.2) is 0 Å². The van der Waals surface area contributed by atoms with E-state index in [-0.39, 0.29) is 18.0 Å². The Morgan fingerprint density at radius 2 is 1.21 bits per heavy atom. The molecule has 198 valence electrons. The van der Waals surface area contributed by atoms with E-state index in [0.29, 0.717) is 27.7 Å². The predicted octanol–water partition coefficient (Wildman–Crippen LogP) is 6.75. The highest BCUT2D eigenvalue weighted by molar-refractivity contribution is 6.30. The summed E-state index contributed by atoms with van der Waals surface area (Å²) < 4.78 is 0. The Morgan fingerprint density at radius 1 is 0.718 bits per heavy atom. The van der Waals surface area contributed by atoms with Gasteiger partial charge in [-0.1, -0.05) is 71.7 Å². The van der Waals surface area contributed by atoms with Gasteiger partial charge in [0.1, 0.15) is 0 Å². The summed E-state index contributed by atoms with van der Waals surface area (Å²) in [5.41, 5.74) is 11.2. The monoisotopic (exact) mass is 576 g/mol. The van der Waals surface area contributed by atoms with Crippen LogP contribution in [0.25, 0.3) is 0 Å². The first-order valence-electron chi connectivity index (χ1n) is 12.1. The number of rotatable bonds is 8. The summed E-state index contributed by atoms with van der Waals surface area (Å²) in [4.78, 5) is 0. The zero-order valence-electron chi connectivity index (χ0n) is 20.9. The molecule has 0 amide bonds. The second-order valence-corrected chi connectivity index (χ2v) is 9.89. The maximum atomic E-state index is 9.68. The van der Waals surface area contributed by atoms with Crippen molar-refractivity contribution in [2.75, 3.05) is 12.4 Å². The number of nitrogens with two attached hydrogens (primary N) is 1. The van der Waals surface area contributed by atoms with Crippen molar-refractivity contribution in [2.24, 2.45) is 5.73 Å². The first kappa shape index (κ1) is 30.2. The lowest BCUT2D eigenvalue weighted by Crippen LogP contribution is -2.32. The molecule has 0 heterocycles. The number of aliphatic hydroxyl groups excluding tert-OH is 1. The molecule has 0 aliphatic heterocycles. The molecule has 0 spiro atoms. The lowest BCUT2D eigenvalue weighted by atomic mass is 9.97. The summed E-state index contributed by atoms with van der Waals surface area (Å²) in [6.07, 6.45) is -0.629. The molecule has 5 nitrogen and oxygen atoms in total. The lowest BCUT2D eigenvalue weighted by molar-refractivity contribution is 0.191. The molecule has 8 heteroatoms. The summed E-state index contributed by atoms with van der Waals surface area (Å²) in [5.74, 6) is 0.165. The molecular formula is C31H27Cl3N4O. The van der Waals surface area contributed by atoms with E-state index in [1.54, 1.807) is 18.2 Å². The van der Waals surface area contributed by atoms with Crippen molar-refractivity contribution < 1.29 is 5.11 Å². The van der Waals surface area contributed by atoms with Gasteiger partial charge in [0, 0.05) is 22.5 Å². The molecular weight excluding hydrogens is 551 g/mol. The second-order valence-electron chi connectivity index (χ2n) is 8.70. The van der Waals surface area contributed by atoms with E-state index < -0.39 is 6.10 Å². The molecule has 4 aromatic carbocycles. The van der Waals surface area contributed by atoms with E-state index in [4.69, 9.17) is 51.1 Å². The minimum absolute atomic E-state index is 0.150. The van der Waals surface area contributed by atoms with Gasteiger partial charge in [-0.05, 0) is 70.8 Å². The number of halogens is 3. The van der Waals surface area contributed by atoms with E-state index in [2.05, 4.69) is 17.5 Å². The van der Waals surface area contributed by atoms with Gasteiger partial charge in [0.15, 0.2) is 0 Å². The number of hydrogen-bond donors (Lipinski definition) is 3. The van der Waals surface area contributed by atoms with Crippen LogP contribution in [0.2, 0.25) is 10.0 Å². The summed E-state index contributed by atoms with van der Waals surface area (Å²) in [6.45, 7) is 0.355. The Labute approximate surface area is 244 Å². The van der Waals surface area contributed by atoms with Crippen LogP contribution < -0.4 is 11.1 Å². The normalized spacial score (nSPS) is 12.7. The van der Waals surface area contributed by atoms with Crippen LogP contribution in [0.5, 0.6) is 0 Å². The average Bonchev–Trinajstić information content (AvgIpc) is 2.98. The van der Waals surface area contributed by atoms with Crippen LogP contribution >= 0.6 is 34.8 Å². The third kappa shape index (κ3) is 9.10. The van der Waals surface area contributed by atoms with Crippen molar-refractivity contribution in [1.82, 2.24) is 5.32 Å². The first-order chi connectivity index (χ1) is 18.8. The largest absolute Gasteiger partial charge is 0.391 e. The maximum Gasteiger partial charge on any atom is 0.0991 e. The molecule has 1 unspecified atom stereocenters. The van der Waals surface area contributed by atoms with Crippen LogP contribution in [-0.4, -0.2) is 23.6 Å². The number of nitrogens with zero attached hydrogens (tertiary/aromatic N) is 2. The van der Waals surface area contributed by atoms with Gasteiger partial charge in [0.05, 0.1) is 41.5 Å². The van der Waals surface area contributed by atoms with E-state index >= 15 is 0 Å². The fourth-order valence-electron chi connectivity index (χ4n) is 3.84. The standard InChI is InChI=1S/C17H16Cl2N2O.C14H11ClN2/c18-9-16(22)11-21-17(13-4-6-15(19)7-5-13)14-3-1-2-12(8-14)10-20;15-13-6-4-11(5-7-13)14(17)12-3-1-2-10(8-12)9-16/h1-8,16-17,21-22H,9,11H2;1-8,14H,17H2/t16?,17-;14-/m00/s1. The summed E-state index contributed by atoms with van der Waals surface area (Å²) >= 11 is 17.4. The molecule has 0 aliphatic rings. The molecule has 3 atom stereocenters. The minimum atomic E-state index is -0.629. The second kappa shape index (κ2) is 15.3. The van der Waals surface area contributed by atoms with Crippen LogP contribution in [0.4, 0.5) is 0 Å². The van der Waals surface area contributed by atoms with E-state index in [9.17, 15) is 5.11 Å². The lowest BCUT2D eigenvalue weighted by Gasteiger charge is -2.21. The number of alkyl halides is 1. The maximum absolute atomic E-state index is 9.68. The van der Waals surface area contributed by atoms with Crippen LogP contribution in [0, 0.1) is 22.7 Å². The van der Waals surface area contributed by atoms with Gasteiger partial charge in [-0.3, -0.25) is 0 Å². The Kier molecular flexibility index (Phi) is 11.8. The molecule has 0 aliphatic carbocycles. The molecule has 0 bridgehead atoms. The van der Waals surface area contributed by atoms with Crippen LogP contribution in [0.1, 0.15) is 45.5 Å². The van der Waals surface area contributed by atoms with E-state index in [0.717, 1.165) is 22.3 Å². The SMILES string of the molecule is N#Cc1cccc([C@@H](N)c2ccc(Cl)cc2)c1.N#Cc1cccc([C@@H](NCC(O)CCl)c2ccc(Cl)cc2)c1. The van der Waals surface area contributed by atoms with Crippen LogP contribution in [0.3, 0.4) is 0 Å². The van der Waals surface area contributed by atoms with Gasteiger partial charge >= 0.3 is 0 Å². The summed E-state index contributed by atoms with van der Waals surface area (Å²) in [5, 5.41) is 32.2. The average molecular weight is 578 g/mol. The molecule has 39 heavy (non-hydrogen) atoms. The summed E-state index contributed by atoms with van der Waals surface area (Å²) in [7, 11) is 0. The van der Waals surface area contributed by atoms with Gasteiger partial charge in [0.25, 0.3) is 0 Å². The van der Waals surface area contributed by atoms with Crippen molar-refractivity contribution in [3.05, 3.63) is 140 Å². The highest BCUT2D eigenvalue weighted by atomic mass is 35.5. The Bertz CT molecular complexity index is 1430. The Hall–Kier alpha value is -3.39. The molecule has 0 aromatic heterocycles. The number of hydrogen-bond acceptors (Lipinski definition) is 5. The third-order valence-corrected chi connectivity index (χ3v) is 6.75. The minimum Gasteiger partial charge on any atom is -0.391 e. The van der Waals surface area contributed by atoms with E-state index in [1.807, 2.05) is 78.9 Å². The molecule has 0 radical (unpaired) electrons. The first-order valence-corrected chi connectivity index (χ1v) is 13.4. The number of nitrogens with one attached hydrogen (secondary N) is 1. The third-order valence-electron chi connectivity index (χ3n) is 5.89. The smallest absolute Gasteiger partial charge is 0.0991 e.